The molecule has 6 nitrogen and oxygen atoms in total. The van der Waals surface area contributed by atoms with E-state index in [0.29, 0.717) is 12.8 Å². The third kappa shape index (κ3) is 7.15. The van der Waals surface area contributed by atoms with Gasteiger partial charge in [-0.3, -0.25) is 14.3 Å². The molecule has 0 unspecified atom stereocenters. The third-order valence-corrected chi connectivity index (χ3v) is 4.01. The Hall–Kier alpha value is -2.06. The molecule has 140 valence electrons. The van der Waals surface area contributed by atoms with Crippen LogP contribution in [-0.4, -0.2) is 45.8 Å². The van der Waals surface area contributed by atoms with Gasteiger partial charge in [0.2, 0.25) is 11.8 Å². The van der Waals surface area contributed by atoms with Crippen molar-refractivity contribution in [3.63, 3.8) is 0 Å². The van der Waals surface area contributed by atoms with Crippen molar-refractivity contribution in [2.24, 2.45) is 0 Å². The van der Waals surface area contributed by atoms with Crippen LogP contribution in [0, 0.1) is 0 Å². The van der Waals surface area contributed by atoms with E-state index in [1.165, 1.54) is 6.20 Å². The quantitative estimate of drug-likeness (QED) is 0.848. The molecular weight excluding hydrogens is 337 g/mol. The lowest BCUT2D eigenvalue weighted by atomic mass is 10.2. The van der Waals surface area contributed by atoms with Crippen molar-refractivity contribution in [1.29, 1.82) is 0 Å². The summed E-state index contributed by atoms with van der Waals surface area (Å²) < 4.78 is 37.5. The summed E-state index contributed by atoms with van der Waals surface area (Å²) >= 11 is 0. The summed E-state index contributed by atoms with van der Waals surface area (Å²) in [5.74, 6) is -0.275. The average molecular weight is 360 g/mol. The van der Waals surface area contributed by atoms with Gasteiger partial charge in [0, 0.05) is 32.1 Å². The second-order valence-corrected chi connectivity index (χ2v) is 6.24. The molecule has 0 saturated carbocycles. The molecule has 2 heterocycles. The van der Waals surface area contributed by atoms with E-state index in [1.807, 2.05) is 4.90 Å². The highest BCUT2D eigenvalue weighted by Crippen LogP contribution is 2.18. The number of rotatable bonds is 6. The normalized spacial score (nSPS) is 15.7. The molecule has 1 fully saturated rings. The Morgan fingerprint density at radius 1 is 1.12 bits per heavy atom. The SMILES string of the molecule is O=C(CCCC(=O)N1CCCCCC1)Nc1cnn(CC(F)(F)F)c1. The van der Waals surface area contributed by atoms with Gasteiger partial charge in [0.15, 0.2) is 0 Å². The molecule has 1 saturated heterocycles. The van der Waals surface area contributed by atoms with Crippen molar-refractivity contribution >= 4 is 17.5 Å². The van der Waals surface area contributed by atoms with Gasteiger partial charge in [-0.05, 0) is 19.3 Å². The van der Waals surface area contributed by atoms with Crippen LogP contribution in [0.1, 0.15) is 44.9 Å². The fourth-order valence-electron chi connectivity index (χ4n) is 2.80. The Morgan fingerprint density at radius 3 is 2.44 bits per heavy atom. The van der Waals surface area contributed by atoms with Crippen LogP contribution in [-0.2, 0) is 16.1 Å². The molecule has 9 heteroatoms. The molecule has 0 aromatic carbocycles. The van der Waals surface area contributed by atoms with Crippen molar-refractivity contribution < 1.29 is 22.8 Å². The zero-order valence-corrected chi connectivity index (χ0v) is 14.0. The molecule has 1 aliphatic heterocycles. The summed E-state index contributed by atoms with van der Waals surface area (Å²) in [6, 6.07) is 0. The second-order valence-electron chi connectivity index (χ2n) is 6.24. The van der Waals surface area contributed by atoms with Crippen LogP contribution in [0.5, 0.6) is 0 Å². The first kappa shape index (κ1) is 19.3. The summed E-state index contributed by atoms with van der Waals surface area (Å²) in [5.41, 5.74) is 0.216. The molecule has 0 spiro atoms. The van der Waals surface area contributed by atoms with Gasteiger partial charge < -0.3 is 10.2 Å². The van der Waals surface area contributed by atoms with E-state index in [1.54, 1.807) is 0 Å². The van der Waals surface area contributed by atoms with E-state index >= 15 is 0 Å². The Bertz CT molecular complexity index is 578. The van der Waals surface area contributed by atoms with Crippen LogP contribution >= 0.6 is 0 Å². The number of halogens is 3. The van der Waals surface area contributed by atoms with Crippen LogP contribution in [0.25, 0.3) is 0 Å². The van der Waals surface area contributed by atoms with Crippen molar-refractivity contribution in [3.05, 3.63) is 12.4 Å². The number of nitrogens with one attached hydrogen (secondary N) is 1. The zero-order valence-electron chi connectivity index (χ0n) is 14.0. The molecule has 1 aromatic heterocycles. The maximum Gasteiger partial charge on any atom is 0.408 e. The summed E-state index contributed by atoms with van der Waals surface area (Å²) in [6.45, 7) is 0.361. The van der Waals surface area contributed by atoms with Crippen molar-refractivity contribution in [2.75, 3.05) is 18.4 Å². The Morgan fingerprint density at radius 2 is 1.80 bits per heavy atom. The van der Waals surface area contributed by atoms with E-state index in [-0.39, 0.29) is 23.9 Å². The average Bonchev–Trinajstić information content (AvgIpc) is 2.77. The fourth-order valence-corrected chi connectivity index (χ4v) is 2.80. The largest absolute Gasteiger partial charge is 0.408 e. The predicted molar refractivity (Wildman–Crippen MR) is 85.8 cm³/mol. The number of anilines is 1. The standard InChI is InChI=1S/C16H23F3N4O2/c17-16(18,19)12-23-11-13(10-20-23)21-14(24)6-5-7-15(25)22-8-3-1-2-4-9-22/h10-11H,1-9,12H2,(H,21,24). The number of hydrogen-bond donors (Lipinski definition) is 1. The minimum atomic E-state index is -4.36. The highest BCUT2D eigenvalue weighted by atomic mass is 19.4. The van der Waals surface area contributed by atoms with E-state index in [9.17, 15) is 22.8 Å². The maximum absolute atomic E-state index is 12.3. The lowest BCUT2D eigenvalue weighted by Crippen LogP contribution is -2.31. The Balaban J connectivity index is 1.69. The van der Waals surface area contributed by atoms with Gasteiger partial charge in [0.25, 0.3) is 0 Å². The number of carbonyl (C=O) groups is 2. The second kappa shape index (κ2) is 8.87. The molecule has 2 rings (SSSR count). The van der Waals surface area contributed by atoms with Crippen molar-refractivity contribution in [3.8, 4) is 0 Å². The summed E-state index contributed by atoms with van der Waals surface area (Å²) in [6.07, 6.45) is 3.15. The third-order valence-electron chi connectivity index (χ3n) is 4.01. The Labute approximate surface area is 144 Å². The molecule has 1 N–H and O–H groups in total. The number of likely N-dealkylation sites (tertiary alicyclic amines) is 1. The van der Waals surface area contributed by atoms with Gasteiger partial charge in [0.05, 0.1) is 11.9 Å². The molecule has 1 aliphatic rings. The topological polar surface area (TPSA) is 67.2 Å². The molecule has 0 bridgehead atoms. The highest BCUT2D eigenvalue weighted by molar-refractivity contribution is 5.90. The monoisotopic (exact) mass is 360 g/mol. The lowest BCUT2D eigenvalue weighted by Gasteiger charge is -2.20. The summed E-state index contributed by atoms with van der Waals surface area (Å²) in [5, 5.41) is 6.05. The minimum absolute atomic E-state index is 0.0627. The van der Waals surface area contributed by atoms with Gasteiger partial charge in [-0.15, -0.1) is 0 Å². The molecule has 0 aliphatic carbocycles. The number of hydrogen-bond acceptors (Lipinski definition) is 3. The first-order valence-electron chi connectivity index (χ1n) is 8.50. The predicted octanol–water partition coefficient (Wildman–Crippen LogP) is 2.96. The van der Waals surface area contributed by atoms with Crippen LogP contribution in [0.15, 0.2) is 12.4 Å². The minimum Gasteiger partial charge on any atom is -0.343 e. The highest BCUT2D eigenvalue weighted by Gasteiger charge is 2.28. The molecule has 0 radical (unpaired) electrons. The maximum atomic E-state index is 12.3. The molecular formula is C16H23F3N4O2. The van der Waals surface area contributed by atoms with E-state index < -0.39 is 12.7 Å². The zero-order chi connectivity index (χ0) is 18.3. The van der Waals surface area contributed by atoms with Gasteiger partial charge in [-0.1, -0.05) is 12.8 Å². The van der Waals surface area contributed by atoms with Crippen LogP contribution in [0.4, 0.5) is 18.9 Å². The van der Waals surface area contributed by atoms with Crippen LogP contribution in [0.2, 0.25) is 0 Å². The molecule has 0 atom stereocenters. The Kier molecular flexibility index (Phi) is 6.83. The lowest BCUT2D eigenvalue weighted by molar-refractivity contribution is -0.142. The number of nitrogens with zero attached hydrogens (tertiary/aromatic N) is 3. The first-order valence-corrected chi connectivity index (χ1v) is 8.50. The molecule has 1 aromatic rings. The van der Waals surface area contributed by atoms with E-state index in [2.05, 4.69) is 10.4 Å². The number of amides is 2. The van der Waals surface area contributed by atoms with Crippen molar-refractivity contribution in [2.45, 2.75) is 57.7 Å². The van der Waals surface area contributed by atoms with E-state index in [4.69, 9.17) is 0 Å². The van der Waals surface area contributed by atoms with Gasteiger partial charge in [-0.2, -0.15) is 18.3 Å². The summed E-state index contributed by atoms with van der Waals surface area (Å²) in [7, 11) is 0. The van der Waals surface area contributed by atoms with Crippen molar-refractivity contribution in [1.82, 2.24) is 14.7 Å². The summed E-state index contributed by atoms with van der Waals surface area (Å²) in [4.78, 5) is 25.8. The van der Waals surface area contributed by atoms with Gasteiger partial charge >= 0.3 is 6.18 Å². The molecule has 2 amide bonds. The first-order chi connectivity index (χ1) is 11.8. The number of aromatic nitrogens is 2. The van der Waals surface area contributed by atoms with Gasteiger partial charge in [-0.25, -0.2) is 0 Å². The smallest absolute Gasteiger partial charge is 0.343 e. The van der Waals surface area contributed by atoms with Gasteiger partial charge in [0.1, 0.15) is 6.54 Å². The molecule has 25 heavy (non-hydrogen) atoms. The number of alkyl halides is 3. The van der Waals surface area contributed by atoms with Crippen LogP contribution < -0.4 is 5.32 Å². The number of carbonyl (C=O) groups excluding carboxylic acids is 2. The fraction of sp³-hybridized carbons (Fsp3) is 0.688. The van der Waals surface area contributed by atoms with Crippen LogP contribution in [0.3, 0.4) is 0 Å². The van der Waals surface area contributed by atoms with E-state index in [0.717, 1.165) is 49.7 Å².